The average molecular weight is 355 g/mol. The third kappa shape index (κ3) is 4.00. The van der Waals surface area contributed by atoms with Crippen LogP contribution in [0.4, 0.5) is 0 Å². The number of hydrogen-bond donors (Lipinski definition) is 1. The zero-order valence-corrected chi connectivity index (χ0v) is 14.9. The molecule has 3 aromatic rings. The van der Waals surface area contributed by atoms with Gasteiger partial charge in [0.05, 0.1) is 11.5 Å². The molecule has 1 N–H and O–H groups in total. The van der Waals surface area contributed by atoms with Gasteiger partial charge >= 0.3 is 0 Å². The van der Waals surface area contributed by atoms with Gasteiger partial charge in [0.2, 0.25) is 10.0 Å². The van der Waals surface area contributed by atoms with Crippen LogP contribution in [0.15, 0.2) is 71.6 Å². The number of sulfonamides is 1. The van der Waals surface area contributed by atoms with E-state index in [2.05, 4.69) is 4.72 Å². The van der Waals surface area contributed by atoms with E-state index >= 15 is 0 Å². The van der Waals surface area contributed by atoms with Crippen molar-refractivity contribution in [2.75, 3.05) is 6.61 Å². The van der Waals surface area contributed by atoms with E-state index in [1.807, 2.05) is 61.5 Å². The van der Waals surface area contributed by atoms with Gasteiger partial charge in [0.1, 0.15) is 5.75 Å². The molecule has 4 nitrogen and oxygen atoms in total. The molecule has 0 amide bonds. The number of ether oxygens (including phenoxy) is 1. The quantitative estimate of drug-likeness (QED) is 0.694. The van der Waals surface area contributed by atoms with Gasteiger partial charge in [-0.15, -0.1) is 0 Å². The second-order valence-electron chi connectivity index (χ2n) is 5.77. The van der Waals surface area contributed by atoms with Crippen LogP contribution in [0.25, 0.3) is 10.8 Å². The highest BCUT2D eigenvalue weighted by molar-refractivity contribution is 7.89. The number of fused-ring (bicyclic) bond motifs is 1. The normalized spacial score (nSPS) is 11.6. The molecular formula is C20H21NO3S. The van der Waals surface area contributed by atoms with Crippen LogP contribution in [0, 0.1) is 0 Å². The molecule has 0 bridgehead atoms. The first-order chi connectivity index (χ1) is 12.1. The van der Waals surface area contributed by atoms with Crippen LogP contribution in [0.2, 0.25) is 0 Å². The molecule has 0 aromatic heterocycles. The fourth-order valence-corrected chi connectivity index (χ4v) is 3.89. The minimum Gasteiger partial charge on any atom is -0.493 e. The van der Waals surface area contributed by atoms with Gasteiger partial charge in [0.15, 0.2) is 0 Å². The summed E-state index contributed by atoms with van der Waals surface area (Å²) < 4.78 is 34.0. The lowest BCUT2D eigenvalue weighted by Gasteiger charge is -2.13. The van der Waals surface area contributed by atoms with Gasteiger partial charge in [-0.25, -0.2) is 13.1 Å². The molecule has 0 heterocycles. The molecule has 25 heavy (non-hydrogen) atoms. The van der Waals surface area contributed by atoms with E-state index in [-0.39, 0.29) is 11.4 Å². The van der Waals surface area contributed by atoms with E-state index in [0.717, 1.165) is 17.4 Å². The van der Waals surface area contributed by atoms with Crippen LogP contribution in [-0.2, 0) is 16.6 Å². The number of nitrogens with one attached hydrogen (secondary N) is 1. The van der Waals surface area contributed by atoms with Crippen molar-refractivity contribution in [2.45, 2.75) is 24.8 Å². The van der Waals surface area contributed by atoms with Crippen molar-refractivity contribution in [3.8, 4) is 5.75 Å². The van der Waals surface area contributed by atoms with Crippen LogP contribution < -0.4 is 9.46 Å². The molecule has 0 unspecified atom stereocenters. The first kappa shape index (κ1) is 17.5. The summed E-state index contributed by atoms with van der Waals surface area (Å²) in [5.41, 5.74) is 0.915. The summed E-state index contributed by atoms with van der Waals surface area (Å²) in [7, 11) is -3.63. The Hall–Kier alpha value is -2.37. The van der Waals surface area contributed by atoms with Crippen LogP contribution in [0.1, 0.15) is 18.9 Å². The maximum atomic E-state index is 12.8. The molecule has 0 saturated carbocycles. The Morgan fingerprint density at radius 2 is 1.56 bits per heavy atom. The molecule has 0 aliphatic rings. The van der Waals surface area contributed by atoms with Crippen LogP contribution in [-0.4, -0.2) is 15.0 Å². The Bertz CT molecular complexity index is 953. The molecule has 0 aliphatic carbocycles. The third-order valence-electron chi connectivity index (χ3n) is 3.90. The van der Waals surface area contributed by atoms with Crippen molar-refractivity contribution in [3.63, 3.8) is 0 Å². The standard InChI is InChI=1S/C20H21NO3S/c1-2-14-24-19-12-13-20(18-11-7-6-10-17(18)19)25(22,23)21-15-16-8-4-3-5-9-16/h3-13,21H,2,14-15H2,1H3. The fourth-order valence-electron chi connectivity index (χ4n) is 2.67. The lowest BCUT2D eigenvalue weighted by Crippen LogP contribution is -2.23. The van der Waals surface area contributed by atoms with E-state index in [4.69, 9.17) is 4.74 Å². The Kier molecular flexibility index (Phi) is 5.36. The molecule has 0 spiro atoms. The van der Waals surface area contributed by atoms with Gasteiger partial charge < -0.3 is 4.74 Å². The highest BCUT2D eigenvalue weighted by Crippen LogP contribution is 2.31. The van der Waals surface area contributed by atoms with Crippen LogP contribution >= 0.6 is 0 Å². The van der Waals surface area contributed by atoms with Gasteiger partial charge in [-0.2, -0.15) is 0 Å². The topological polar surface area (TPSA) is 55.4 Å². The van der Waals surface area contributed by atoms with Crippen molar-refractivity contribution < 1.29 is 13.2 Å². The van der Waals surface area contributed by atoms with E-state index in [1.54, 1.807) is 12.1 Å². The van der Waals surface area contributed by atoms with E-state index < -0.39 is 10.0 Å². The SMILES string of the molecule is CCCOc1ccc(S(=O)(=O)NCc2ccccc2)c2ccccc12. The van der Waals surface area contributed by atoms with Crippen molar-refractivity contribution in [1.82, 2.24) is 4.72 Å². The monoisotopic (exact) mass is 355 g/mol. The number of rotatable bonds is 7. The number of benzene rings is 3. The average Bonchev–Trinajstić information content (AvgIpc) is 2.65. The van der Waals surface area contributed by atoms with Gasteiger partial charge in [0, 0.05) is 17.3 Å². The first-order valence-corrected chi connectivity index (χ1v) is 9.78. The lowest BCUT2D eigenvalue weighted by molar-refractivity contribution is 0.321. The van der Waals surface area contributed by atoms with Crippen molar-refractivity contribution >= 4 is 20.8 Å². The molecule has 130 valence electrons. The molecule has 5 heteroatoms. The lowest BCUT2D eigenvalue weighted by atomic mass is 10.1. The summed E-state index contributed by atoms with van der Waals surface area (Å²) in [6.45, 7) is 2.89. The van der Waals surface area contributed by atoms with Gasteiger partial charge in [-0.1, -0.05) is 61.5 Å². The Morgan fingerprint density at radius 3 is 2.28 bits per heavy atom. The summed E-state index contributed by atoms with van der Waals surface area (Å²) in [5, 5.41) is 1.47. The molecule has 0 atom stereocenters. The van der Waals surface area contributed by atoms with E-state index in [0.29, 0.717) is 17.7 Å². The first-order valence-electron chi connectivity index (χ1n) is 8.30. The van der Waals surface area contributed by atoms with Gasteiger partial charge in [0.25, 0.3) is 0 Å². The van der Waals surface area contributed by atoms with E-state index in [9.17, 15) is 8.42 Å². The predicted molar refractivity (Wildman–Crippen MR) is 100 cm³/mol. The van der Waals surface area contributed by atoms with Crippen molar-refractivity contribution in [2.24, 2.45) is 0 Å². The van der Waals surface area contributed by atoms with Crippen molar-refractivity contribution in [1.29, 1.82) is 0 Å². The minimum atomic E-state index is -3.63. The minimum absolute atomic E-state index is 0.256. The zero-order chi connectivity index (χ0) is 17.7. The zero-order valence-electron chi connectivity index (χ0n) is 14.1. The largest absolute Gasteiger partial charge is 0.493 e. The molecule has 3 rings (SSSR count). The molecular weight excluding hydrogens is 334 g/mol. The van der Waals surface area contributed by atoms with Crippen molar-refractivity contribution in [3.05, 3.63) is 72.3 Å². The smallest absolute Gasteiger partial charge is 0.241 e. The molecule has 0 saturated heterocycles. The maximum Gasteiger partial charge on any atom is 0.241 e. The Morgan fingerprint density at radius 1 is 0.880 bits per heavy atom. The third-order valence-corrected chi connectivity index (χ3v) is 5.36. The van der Waals surface area contributed by atoms with E-state index in [1.165, 1.54) is 0 Å². The van der Waals surface area contributed by atoms with Gasteiger partial charge in [-0.05, 0) is 24.1 Å². The highest BCUT2D eigenvalue weighted by Gasteiger charge is 2.18. The van der Waals surface area contributed by atoms with Crippen LogP contribution in [0.5, 0.6) is 5.75 Å². The molecule has 0 radical (unpaired) electrons. The summed E-state index contributed by atoms with van der Waals surface area (Å²) >= 11 is 0. The van der Waals surface area contributed by atoms with Crippen LogP contribution in [0.3, 0.4) is 0 Å². The second kappa shape index (κ2) is 7.68. The second-order valence-corrected chi connectivity index (χ2v) is 7.50. The predicted octanol–water partition coefficient (Wildman–Crippen LogP) is 4.11. The Labute approximate surface area is 148 Å². The highest BCUT2D eigenvalue weighted by atomic mass is 32.2. The molecule has 3 aromatic carbocycles. The summed E-state index contributed by atoms with van der Waals surface area (Å²) in [4.78, 5) is 0.267. The molecule has 0 fully saturated rings. The Balaban J connectivity index is 1.94. The summed E-state index contributed by atoms with van der Waals surface area (Å²) in [6.07, 6.45) is 0.896. The molecule has 0 aliphatic heterocycles. The fraction of sp³-hybridized carbons (Fsp3) is 0.200. The number of hydrogen-bond acceptors (Lipinski definition) is 3. The summed E-state index contributed by atoms with van der Waals surface area (Å²) in [6, 6.07) is 20.2. The summed E-state index contributed by atoms with van der Waals surface area (Å²) in [5.74, 6) is 0.708. The van der Waals surface area contributed by atoms with Gasteiger partial charge in [-0.3, -0.25) is 0 Å². The maximum absolute atomic E-state index is 12.8.